The fraction of sp³-hybridized carbons (Fsp3) is 0.684. The minimum Gasteiger partial charge on any atom is -0.493 e. The van der Waals surface area contributed by atoms with Crippen LogP contribution in [0.25, 0.3) is 0 Å². The summed E-state index contributed by atoms with van der Waals surface area (Å²) in [4.78, 5) is 0. The van der Waals surface area contributed by atoms with E-state index in [4.69, 9.17) is 10.5 Å². The van der Waals surface area contributed by atoms with E-state index in [0.717, 1.165) is 25.5 Å². The molecule has 1 fully saturated rings. The van der Waals surface area contributed by atoms with Gasteiger partial charge in [0.15, 0.2) is 0 Å². The van der Waals surface area contributed by atoms with Crippen molar-refractivity contribution in [3.05, 3.63) is 29.3 Å². The van der Waals surface area contributed by atoms with Gasteiger partial charge in [-0.05, 0) is 61.1 Å². The van der Waals surface area contributed by atoms with Crippen molar-refractivity contribution in [2.45, 2.75) is 57.8 Å². The Balaban J connectivity index is 1.88. The third-order valence-corrected chi connectivity index (χ3v) is 5.47. The molecule has 1 heterocycles. The van der Waals surface area contributed by atoms with Crippen LogP contribution < -0.4 is 10.5 Å². The second-order valence-corrected chi connectivity index (χ2v) is 6.86. The Bertz CT molecular complexity index is 471. The fourth-order valence-corrected chi connectivity index (χ4v) is 4.36. The first-order valence-electron chi connectivity index (χ1n) is 8.78. The second kappa shape index (κ2) is 6.83. The average molecular weight is 287 g/mol. The highest BCUT2D eigenvalue weighted by molar-refractivity contribution is 5.45. The summed E-state index contributed by atoms with van der Waals surface area (Å²) in [6, 6.07) is 6.76. The second-order valence-electron chi connectivity index (χ2n) is 6.86. The predicted molar refractivity (Wildman–Crippen MR) is 87.8 cm³/mol. The van der Waals surface area contributed by atoms with E-state index in [-0.39, 0.29) is 0 Å². The van der Waals surface area contributed by atoms with Crippen molar-refractivity contribution in [1.82, 2.24) is 0 Å². The number of rotatable bonds is 4. The van der Waals surface area contributed by atoms with Crippen molar-refractivity contribution in [3.8, 4) is 5.75 Å². The molecule has 3 rings (SSSR count). The van der Waals surface area contributed by atoms with Gasteiger partial charge in [-0.15, -0.1) is 0 Å². The van der Waals surface area contributed by atoms with Gasteiger partial charge in [0.25, 0.3) is 0 Å². The molecule has 1 aliphatic heterocycles. The van der Waals surface area contributed by atoms with Crippen molar-refractivity contribution in [3.63, 3.8) is 0 Å². The monoisotopic (exact) mass is 287 g/mol. The summed E-state index contributed by atoms with van der Waals surface area (Å²) in [5.74, 6) is 3.31. The maximum atomic E-state index is 6.09. The first-order valence-corrected chi connectivity index (χ1v) is 8.78. The molecule has 0 amide bonds. The van der Waals surface area contributed by atoms with E-state index in [1.54, 1.807) is 0 Å². The lowest BCUT2D eigenvalue weighted by molar-refractivity contribution is 0.220. The molecule has 3 atom stereocenters. The van der Waals surface area contributed by atoms with Gasteiger partial charge in [0.2, 0.25) is 0 Å². The van der Waals surface area contributed by atoms with Crippen LogP contribution in [-0.4, -0.2) is 13.2 Å². The highest BCUT2D eigenvalue weighted by Crippen LogP contribution is 2.46. The minimum absolute atomic E-state index is 0.605. The molecule has 21 heavy (non-hydrogen) atoms. The summed E-state index contributed by atoms with van der Waals surface area (Å²) in [7, 11) is 0. The van der Waals surface area contributed by atoms with Gasteiger partial charge in [-0.1, -0.05) is 44.4 Å². The number of hydrogen-bond donors (Lipinski definition) is 1. The first kappa shape index (κ1) is 14.9. The molecule has 2 nitrogen and oxygen atoms in total. The van der Waals surface area contributed by atoms with E-state index < -0.39 is 0 Å². The van der Waals surface area contributed by atoms with E-state index >= 15 is 0 Å². The Hall–Kier alpha value is -1.02. The SMILES string of the molecule is CCCC1CCC(CN)C(c2cccc3c2OCCC3)C1. The van der Waals surface area contributed by atoms with Crippen LogP contribution in [0.5, 0.6) is 5.75 Å². The van der Waals surface area contributed by atoms with E-state index in [1.165, 1.54) is 55.4 Å². The summed E-state index contributed by atoms with van der Waals surface area (Å²) in [5, 5.41) is 0. The van der Waals surface area contributed by atoms with E-state index in [1.807, 2.05) is 0 Å². The fourth-order valence-electron chi connectivity index (χ4n) is 4.36. The topological polar surface area (TPSA) is 35.2 Å². The molecule has 2 N–H and O–H groups in total. The molecule has 0 spiro atoms. The molecule has 0 bridgehead atoms. The quantitative estimate of drug-likeness (QED) is 0.897. The molecule has 116 valence electrons. The summed E-state index contributed by atoms with van der Waals surface area (Å²) >= 11 is 0. The minimum atomic E-state index is 0.605. The smallest absolute Gasteiger partial charge is 0.125 e. The van der Waals surface area contributed by atoms with Crippen molar-refractivity contribution in [2.24, 2.45) is 17.6 Å². The van der Waals surface area contributed by atoms with Gasteiger partial charge in [-0.2, -0.15) is 0 Å². The first-order chi connectivity index (χ1) is 10.3. The molecule has 3 unspecified atom stereocenters. The van der Waals surface area contributed by atoms with E-state index in [9.17, 15) is 0 Å². The van der Waals surface area contributed by atoms with E-state index in [2.05, 4.69) is 25.1 Å². The van der Waals surface area contributed by atoms with Crippen LogP contribution in [-0.2, 0) is 6.42 Å². The standard InChI is InChI=1S/C19H29NO/c1-2-5-14-9-10-16(13-20)18(12-14)17-8-3-6-15-7-4-11-21-19(15)17/h3,6,8,14,16,18H,2,4-5,7,9-13,20H2,1H3. The molecule has 0 saturated heterocycles. The summed E-state index contributed by atoms with van der Waals surface area (Å²) in [6.07, 6.45) is 8.94. The molecule has 0 radical (unpaired) electrons. The number of nitrogens with two attached hydrogens (primary N) is 1. The molecule has 2 heteroatoms. The van der Waals surface area contributed by atoms with Crippen LogP contribution in [0.2, 0.25) is 0 Å². The zero-order valence-electron chi connectivity index (χ0n) is 13.3. The van der Waals surface area contributed by atoms with Crippen LogP contribution in [0.15, 0.2) is 18.2 Å². The maximum Gasteiger partial charge on any atom is 0.125 e. The summed E-state index contributed by atoms with van der Waals surface area (Å²) in [5.41, 5.74) is 8.94. The van der Waals surface area contributed by atoms with Crippen LogP contribution in [0.1, 0.15) is 62.5 Å². The Morgan fingerprint density at radius 1 is 1.29 bits per heavy atom. The van der Waals surface area contributed by atoms with Crippen LogP contribution in [0, 0.1) is 11.8 Å². The Labute approximate surface area is 129 Å². The number of ether oxygens (including phenoxy) is 1. The molecule has 1 aromatic rings. The van der Waals surface area contributed by atoms with Gasteiger partial charge in [0.1, 0.15) is 5.75 Å². The van der Waals surface area contributed by atoms with Gasteiger partial charge in [0.05, 0.1) is 6.61 Å². The lowest BCUT2D eigenvalue weighted by Gasteiger charge is -2.37. The molecular weight excluding hydrogens is 258 g/mol. The van der Waals surface area contributed by atoms with Crippen LogP contribution >= 0.6 is 0 Å². The Kier molecular flexibility index (Phi) is 4.84. The number of hydrogen-bond acceptors (Lipinski definition) is 2. The molecule has 1 saturated carbocycles. The van der Waals surface area contributed by atoms with Crippen molar-refractivity contribution >= 4 is 0 Å². The highest BCUT2D eigenvalue weighted by atomic mass is 16.5. The van der Waals surface area contributed by atoms with Crippen molar-refractivity contribution < 1.29 is 4.74 Å². The predicted octanol–water partition coefficient (Wildman–Crippen LogP) is 4.27. The number of benzene rings is 1. The number of para-hydroxylation sites is 1. The Morgan fingerprint density at radius 3 is 3.00 bits per heavy atom. The highest BCUT2D eigenvalue weighted by Gasteiger charge is 2.33. The number of aryl methyl sites for hydroxylation is 1. The molecule has 1 aliphatic carbocycles. The lowest BCUT2D eigenvalue weighted by Crippen LogP contribution is -2.29. The lowest BCUT2D eigenvalue weighted by atomic mass is 9.69. The molecular formula is C19H29NO. The number of fused-ring (bicyclic) bond motifs is 1. The van der Waals surface area contributed by atoms with Gasteiger partial charge < -0.3 is 10.5 Å². The van der Waals surface area contributed by atoms with E-state index in [0.29, 0.717) is 11.8 Å². The van der Waals surface area contributed by atoms with Crippen molar-refractivity contribution in [2.75, 3.05) is 13.2 Å². The largest absolute Gasteiger partial charge is 0.493 e. The van der Waals surface area contributed by atoms with Crippen molar-refractivity contribution in [1.29, 1.82) is 0 Å². The van der Waals surface area contributed by atoms with Gasteiger partial charge >= 0.3 is 0 Å². The Morgan fingerprint density at radius 2 is 2.19 bits per heavy atom. The third-order valence-electron chi connectivity index (χ3n) is 5.47. The van der Waals surface area contributed by atoms with Gasteiger partial charge in [0, 0.05) is 0 Å². The van der Waals surface area contributed by atoms with Crippen LogP contribution in [0.4, 0.5) is 0 Å². The van der Waals surface area contributed by atoms with Crippen LogP contribution in [0.3, 0.4) is 0 Å². The zero-order valence-corrected chi connectivity index (χ0v) is 13.3. The molecule has 0 aromatic heterocycles. The maximum absolute atomic E-state index is 6.09. The van der Waals surface area contributed by atoms with Gasteiger partial charge in [-0.3, -0.25) is 0 Å². The summed E-state index contributed by atoms with van der Waals surface area (Å²) < 4.78 is 6.06. The molecule has 2 aliphatic rings. The normalized spacial score (nSPS) is 28.8. The van der Waals surface area contributed by atoms with Gasteiger partial charge in [-0.25, -0.2) is 0 Å². The summed E-state index contributed by atoms with van der Waals surface area (Å²) in [6.45, 7) is 3.99. The third kappa shape index (κ3) is 3.11. The molecule has 1 aromatic carbocycles. The zero-order chi connectivity index (χ0) is 14.7. The average Bonchev–Trinajstić information content (AvgIpc) is 2.54.